The SMILES string of the molecule is NC(=O)COc1cccc(C(=O)NC23CC4CC(CC(C4)C2)C3)c1. The van der Waals surface area contributed by atoms with Gasteiger partial charge >= 0.3 is 0 Å². The van der Waals surface area contributed by atoms with E-state index in [1.165, 1.54) is 19.3 Å². The van der Waals surface area contributed by atoms with Gasteiger partial charge in [0.1, 0.15) is 5.75 Å². The Balaban J connectivity index is 1.46. The Kier molecular flexibility index (Phi) is 3.74. The second-order valence-corrected chi connectivity index (χ2v) is 7.93. The lowest BCUT2D eigenvalue weighted by Gasteiger charge is -2.56. The van der Waals surface area contributed by atoms with Gasteiger partial charge < -0.3 is 15.8 Å². The van der Waals surface area contributed by atoms with Gasteiger partial charge in [-0.05, 0) is 74.5 Å². The zero-order chi connectivity index (χ0) is 16.7. The Morgan fingerprint density at radius 2 is 1.75 bits per heavy atom. The fourth-order valence-electron chi connectivity index (χ4n) is 5.46. The molecule has 0 aromatic heterocycles. The normalized spacial score (nSPS) is 33.2. The Labute approximate surface area is 141 Å². The summed E-state index contributed by atoms with van der Waals surface area (Å²) in [7, 11) is 0. The van der Waals surface area contributed by atoms with Gasteiger partial charge in [-0.15, -0.1) is 0 Å². The molecule has 0 spiro atoms. The van der Waals surface area contributed by atoms with Crippen molar-refractivity contribution in [2.24, 2.45) is 23.5 Å². The molecule has 4 bridgehead atoms. The van der Waals surface area contributed by atoms with Crippen LogP contribution in [0, 0.1) is 17.8 Å². The van der Waals surface area contributed by atoms with Crippen molar-refractivity contribution in [3.63, 3.8) is 0 Å². The van der Waals surface area contributed by atoms with Gasteiger partial charge in [0.2, 0.25) is 0 Å². The number of hydrogen-bond acceptors (Lipinski definition) is 3. The fraction of sp³-hybridized carbons (Fsp3) is 0.579. The van der Waals surface area contributed by atoms with E-state index in [0.717, 1.165) is 37.0 Å². The molecule has 5 nitrogen and oxygen atoms in total. The molecule has 0 unspecified atom stereocenters. The number of rotatable bonds is 5. The van der Waals surface area contributed by atoms with Crippen LogP contribution >= 0.6 is 0 Å². The second-order valence-electron chi connectivity index (χ2n) is 7.93. The van der Waals surface area contributed by atoms with Gasteiger partial charge in [-0.25, -0.2) is 0 Å². The predicted molar refractivity (Wildman–Crippen MR) is 89.5 cm³/mol. The van der Waals surface area contributed by atoms with Crippen molar-refractivity contribution in [2.45, 2.75) is 44.1 Å². The monoisotopic (exact) mass is 328 g/mol. The first kappa shape index (κ1) is 15.5. The smallest absolute Gasteiger partial charge is 0.255 e. The number of ether oxygens (including phenoxy) is 1. The lowest BCUT2D eigenvalue weighted by molar-refractivity contribution is -0.119. The van der Waals surface area contributed by atoms with Crippen LogP contribution in [0.15, 0.2) is 24.3 Å². The number of benzene rings is 1. The minimum Gasteiger partial charge on any atom is -0.484 e. The van der Waals surface area contributed by atoms with Gasteiger partial charge in [0.25, 0.3) is 11.8 Å². The highest BCUT2D eigenvalue weighted by Gasteiger charge is 2.51. The topological polar surface area (TPSA) is 81.4 Å². The minimum atomic E-state index is -0.529. The maximum atomic E-state index is 12.8. The number of hydrogen-bond donors (Lipinski definition) is 2. The molecular formula is C19H24N2O3. The summed E-state index contributed by atoms with van der Waals surface area (Å²) in [4.78, 5) is 23.6. The third-order valence-corrected chi connectivity index (χ3v) is 5.89. The molecule has 0 saturated heterocycles. The minimum absolute atomic E-state index is 0.00405. The van der Waals surface area contributed by atoms with Gasteiger partial charge in [0, 0.05) is 11.1 Å². The first-order valence-corrected chi connectivity index (χ1v) is 8.85. The first-order valence-electron chi connectivity index (χ1n) is 8.85. The van der Waals surface area contributed by atoms with Crippen molar-refractivity contribution in [3.05, 3.63) is 29.8 Å². The largest absolute Gasteiger partial charge is 0.484 e. The van der Waals surface area contributed by atoms with Gasteiger partial charge in [-0.3, -0.25) is 9.59 Å². The molecule has 5 rings (SSSR count). The fourth-order valence-corrected chi connectivity index (χ4v) is 5.46. The second kappa shape index (κ2) is 5.80. The molecule has 4 saturated carbocycles. The standard InChI is InChI=1S/C19H24N2O3/c20-17(22)11-24-16-3-1-2-15(7-16)18(23)21-19-8-12-4-13(9-19)6-14(5-12)10-19/h1-3,7,12-14H,4-6,8-11H2,(H2,20,22)(H,21,23). The van der Waals surface area contributed by atoms with E-state index in [1.807, 2.05) is 0 Å². The van der Waals surface area contributed by atoms with Crippen LogP contribution in [0.5, 0.6) is 5.75 Å². The summed E-state index contributed by atoms with van der Waals surface area (Å²) in [6.07, 6.45) is 7.44. The molecule has 0 heterocycles. The zero-order valence-electron chi connectivity index (χ0n) is 13.8. The van der Waals surface area contributed by atoms with Crippen LogP contribution in [0.1, 0.15) is 48.9 Å². The Morgan fingerprint density at radius 3 is 2.33 bits per heavy atom. The summed E-state index contributed by atoms with van der Waals surface area (Å²) in [6, 6.07) is 6.96. The number of amides is 2. The summed E-state index contributed by atoms with van der Waals surface area (Å²) in [5, 5.41) is 3.35. The van der Waals surface area contributed by atoms with E-state index in [2.05, 4.69) is 5.32 Å². The third kappa shape index (κ3) is 2.99. The van der Waals surface area contributed by atoms with Crippen LogP contribution in [-0.4, -0.2) is 24.0 Å². The molecule has 5 heteroatoms. The quantitative estimate of drug-likeness (QED) is 0.870. The highest BCUT2D eigenvalue weighted by Crippen LogP contribution is 2.55. The summed E-state index contributed by atoms with van der Waals surface area (Å²) < 4.78 is 5.30. The average molecular weight is 328 g/mol. The molecule has 1 aromatic rings. The Bertz CT molecular complexity index is 635. The highest BCUT2D eigenvalue weighted by atomic mass is 16.5. The lowest BCUT2D eigenvalue weighted by Crippen LogP contribution is -2.59. The number of nitrogens with two attached hydrogens (primary N) is 1. The highest BCUT2D eigenvalue weighted by molar-refractivity contribution is 5.95. The van der Waals surface area contributed by atoms with Crippen LogP contribution in [0.4, 0.5) is 0 Å². The van der Waals surface area contributed by atoms with E-state index in [-0.39, 0.29) is 18.1 Å². The van der Waals surface area contributed by atoms with Gasteiger partial charge in [0.15, 0.2) is 6.61 Å². The lowest BCUT2D eigenvalue weighted by atomic mass is 9.53. The van der Waals surface area contributed by atoms with Gasteiger partial charge in [0.05, 0.1) is 0 Å². The molecule has 1 aromatic carbocycles. The molecule has 0 atom stereocenters. The molecular weight excluding hydrogens is 304 g/mol. The van der Waals surface area contributed by atoms with Crippen LogP contribution < -0.4 is 15.8 Å². The van der Waals surface area contributed by atoms with E-state index in [0.29, 0.717) is 11.3 Å². The van der Waals surface area contributed by atoms with E-state index >= 15 is 0 Å². The summed E-state index contributed by atoms with van der Waals surface area (Å²) in [5.41, 5.74) is 5.66. The number of primary amides is 1. The molecule has 128 valence electrons. The van der Waals surface area contributed by atoms with Crippen molar-refractivity contribution in [2.75, 3.05) is 6.61 Å². The molecule has 24 heavy (non-hydrogen) atoms. The van der Waals surface area contributed by atoms with Crippen LogP contribution in [0.2, 0.25) is 0 Å². The average Bonchev–Trinajstić information content (AvgIpc) is 2.51. The summed E-state index contributed by atoms with van der Waals surface area (Å²) >= 11 is 0. The molecule has 3 N–H and O–H groups in total. The van der Waals surface area contributed by atoms with Gasteiger partial charge in [-0.2, -0.15) is 0 Å². The van der Waals surface area contributed by atoms with Crippen molar-refractivity contribution < 1.29 is 14.3 Å². The molecule has 0 radical (unpaired) electrons. The third-order valence-electron chi connectivity index (χ3n) is 5.89. The first-order chi connectivity index (χ1) is 11.5. The summed E-state index contributed by atoms with van der Waals surface area (Å²) in [6.45, 7) is -0.181. The summed E-state index contributed by atoms with van der Waals surface area (Å²) in [5.74, 6) is 2.30. The molecule has 4 fully saturated rings. The molecule has 4 aliphatic carbocycles. The predicted octanol–water partition coefficient (Wildman–Crippen LogP) is 2.25. The molecule has 4 aliphatic rings. The van der Waals surface area contributed by atoms with Crippen molar-refractivity contribution in [1.82, 2.24) is 5.32 Å². The Hall–Kier alpha value is -2.04. The Morgan fingerprint density at radius 1 is 1.12 bits per heavy atom. The van der Waals surface area contributed by atoms with Crippen LogP contribution in [0.3, 0.4) is 0 Å². The van der Waals surface area contributed by atoms with Crippen molar-refractivity contribution in [3.8, 4) is 5.75 Å². The van der Waals surface area contributed by atoms with Crippen LogP contribution in [-0.2, 0) is 4.79 Å². The van der Waals surface area contributed by atoms with E-state index < -0.39 is 5.91 Å². The number of carbonyl (C=O) groups is 2. The van der Waals surface area contributed by atoms with E-state index in [4.69, 9.17) is 10.5 Å². The van der Waals surface area contributed by atoms with E-state index in [9.17, 15) is 9.59 Å². The molecule has 0 aliphatic heterocycles. The number of nitrogens with one attached hydrogen (secondary N) is 1. The molecule has 2 amide bonds. The van der Waals surface area contributed by atoms with Crippen LogP contribution in [0.25, 0.3) is 0 Å². The van der Waals surface area contributed by atoms with Crippen molar-refractivity contribution in [1.29, 1.82) is 0 Å². The van der Waals surface area contributed by atoms with E-state index in [1.54, 1.807) is 24.3 Å². The maximum Gasteiger partial charge on any atom is 0.255 e. The van der Waals surface area contributed by atoms with Crippen molar-refractivity contribution >= 4 is 11.8 Å². The zero-order valence-corrected chi connectivity index (χ0v) is 13.8. The van der Waals surface area contributed by atoms with Gasteiger partial charge in [-0.1, -0.05) is 6.07 Å². The number of carbonyl (C=O) groups excluding carboxylic acids is 2. The maximum absolute atomic E-state index is 12.8.